The highest BCUT2D eigenvalue weighted by atomic mass is 35.5. The second-order valence-electron chi connectivity index (χ2n) is 3.22. The van der Waals surface area contributed by atoms with Gasteiger partial charge in [-0.1, -0.05) is 11.6 Å². The van der Waals surface area contributed by atoms with E-state index in [1.54, 1.807) is 11.3 Å². The molecule has 1 aliphatic heterocycles. The summed E-state index contributed by atoms with van der Waals surface area (Å²) in [5.74, 6) is 0. The van der Waals surface area contributed by atoms with Crippen LogP contribution in [0.15, 0.2) is 12.1 Å². The molecule has 2 rings (SSSR count). The van der Waals surface area contributed by atoms with Crippen LogP contribution in [0.1, 0.15) is 17.3 Å². The molecule has 2 heterocycles. The Morgan fingerprint density at radius 2 is 2.50 bits per heavy atom. The largest absolute Gasteiger partial charge is 0.328 e. The summed E-state index contributed by atoms with van der Waals surface area (Å²) >= 11 is 7.46. The molecule has 0 bridgehead atoms. The lowest BCUT2D eigenvalue weighted by Gasteiger charge is -2.23. The number of thiophene rings is 1. The lowest BCUT2D eigenvalue weighted by molar-refractivity contribution is -0.139. The van der Waals surface area contributed by atoms with Crippen LogP contribution in [0.4, 0.5) is 0 Å². The summed E-state index contributed by atoms with van der Waals surface area (Å²) < 4.78 is 0.803. The van der Waals surface area contributed by atoms with E-state index in [1.807, 2.05) is 17.2 Å². The Morgan fingerprint density at radius 1 is 1.64 bits per heavy atom. The standard InChI is InChI=1S/C9H13ClN2OS/c10-9-3-2-8(14-9)7(6-11)12-4-1-5-13-12/h2-3,7H,1,4-6,11H2. The van der Waals surface area contributed by atoms with Crippen LogP contribution in [0.2, 0.25) is 4.34 Å². The Kier molecular flexibility index (Phi) is 3.41. The van der Waals surface area contributed by atoms with Gasteiger partial charge in [-0.25, -0.2) is 0 Å². The zero-order chi connectivity index (χ0) is 9.97. The van der Waals surface area contributed by atoms with Crippen molar-refractivity contribution in [2.45, 2.75) is 12.5 Å². The van der Waals surface area contributed by atoms with Gasteiger partial charge in [0.2, 0.25) is 0 Å². The van der Waals surface area contributed by atoms with Gasteiger partial charge in [-0.3, -0.25) is 4.84 Å². The zero-order valence-electron chi connectivity index (χ0n) is 7.78. The smallest absolute Gasteiger partial charge is 0.0931 e. The molecular weight excluding hydrogens is 220 g/mol. The summed E-state index contributed by atoms with van der Waals surface area (Å²) in [6.07, 6.45) is 1.08. The Balaban J connectivity index is 2.12. The molecule has 1 saturated heterocycles. The fraction of sp³-hybridized carbons (Fsp3) is 0.556. The third-order valence-corrected chi connectivity index (χ3v) is 3.61. The highest BCUT2D eigenvalue weighted by molar-refractivity contribution is 7.16. The maximum absolute atomic E-state index is 5.89. The monoisotopic (exact) mass is 232 g/mol. The second kappa shape index (κ2) is 4.59. The van der Waals surface area contributed by atoms with Crippen molar-refractivity contribution in [3.8, 4) is 0 Å². The van der Waals surface area contributed by atoms with Crippen LogP contribution < -0.4 is 5.73 Å². The van der Waals surface area contributed by atoms with E-state index in [4.69, 9.17) is 22.2 Å². The average molecular weight is 233 g/mol. The van der Waals surface area contributed by atoms with E-state index < -0.39 is 0 Å². The zero-order valence-corrected chi connectivity index (χ0v) is 9.35. The van der Waals surface area contributed by atoms with Crippen molar-refractivity contribution < 1.29 is 4.84 Å². The molecule has 0 saturated carbocycles. The third-order valence-electron chi connectivity index (χ3n) is 2.27. The first-order chi connectivity index (χ1) is 6.81. The van der Waals surface area contributed by atoms with E-state index >= 15 is 0 Å². The molecule has 1 unspecified atom stereocenters. The summed E-state index contributed by atoms with van der Waals surface area (Å²) in [7, 11) is 0. The molecular formula is C9H13ClN2OS. The minimum Gasteiger partial charge on any atom is -0.328 e. The van der Waals surface area contributed by atoms with Crippen LogP contribution in [0.25, 0.3) is 0 Å². The van der Waals surface area contributed by atoms with Gasteiger partial charge in [-0.15, -0.1) is 11.3 Å². The molecule has 1 fully saturated rings. The summed E-state index contributed by atoms with van der Waals surface area (Å²) in [4.78, 5) is 6.67. The third kappa shape index (κ3) is 2.10. The summed E-state index contributed by atoms with van der Waals surface area (Å²) in [5, 5.41) is 1.96. The minimum atomic E-state index is 0.162. The molecule has 1 aromatic heterocycles. The number of halogens is 1. The maximum atomic E-state index is 5.89. The normalized spacial score (nSPS) is 20.1. The summed E-state index contributed by atoms with van der Waals surface area (Å²) in [5.41, 5.74) is 5.74. The van der Waals surface area contributed by atoms with E-state index in [2.05, 4.69) is 0 Å². The van der Waals surface area contributed by atoms with Gasteiger partial charge in [0.05, 0.1) is 17.0 Å². The van der Waals surface area contributed by atoms with Gasteiger partial charge in [0.25, 0.3) is 0 Å². The topological polar surface area (TPSA) is 38.5 Å². The van der Waals surface area contributed by atoms with Gasteiger partial charge in [-0.2, -0.15) is 5.06 Å². The molecule has 3 nitrogen and oxygen atoms in total. The quantitative estimate of drug-likeness (QED) is 0.867. The molecule has 5 heteroatoms. The Morgan fingerprint density at radius 3 is 3.00 bits per heavy atom. The molecule has 0 aliphatic carbocycles. The number of nitrogens with zero attached hydrogens (tertiary/aromatic N) is 1. The van der Waals surface area contributed by atoms with Crippen LogP contribution in [0, 0.1) is 0 Å². The molecule has 0 amide bonds. The van der Waals surface area contributed by atoms with Crippen LogP contribution in [-0.2, 0) is 4.84 Å². The van der Waals surface area contributed by atoms with Crippen LogP contribution in [-0.4, -0.2) is 24.8 Å². The highest BCUT2D eigenvalue weighted by Gasteiger charge is 2.24. The number of hydroxylamine groups is 2. The van der Waals surface area contributed by atoms with Crippen molar-refractivity contribution in [2.24, 2.45) is 5.73 Å². The molecule has 1 atom stereocenters. The first-order valence-electron chi connectivity index (χ1n) is 4.66. The summed E-state index contributed by atoms with van der Waals surface area (Å²) in [6, 6.07) is 4.09. The van der Waals surface area contributed by atoms with E-state index in [1.165, 1.54) is 4.88 Å². The van der Waals surface area contributed by atoms with Crippen molar-refractivity contribution >= 4 is 22.9 Å². The number of nitrogens with two attached hydrogens (primary N) is 1. The molecule has 2 N–H and O–H groups in total. The van der Waals surface area contributed by atoms with Crippen molar-refractivity contribution in [1.29, 1.82) is 0 Å². The fourth-order valence-corrected chi connectivity index (χ4v) is 2.77. The van der Waals surface area contributed by atoms with Gasteiger partial charge < -0.3 is 5.73 Å². The van der Waals surface area contributed by atoms with Crippen molar-refractivity contribution in [2.75, 3.05) is 19.7 Å². The molecule has 0 spiro atoms. The Bertz CT molecular complexity index is 299. The van der Waals surface area contributed by atoms with E-state index in [0.717, 1.165) is 23.9 Å². The molecule has 0 aromatic carbocycles. The highest BCUT2D eigenvalue weighted by Crippen LogP contribution is 2.31. The Labute approximate surface area is 92.4 Å². The average Bonchev–Trinajstić information content (AvgIpc) is 2.79. The molecule has 1 aromatic rings. The number of rotatable bonds is 3. The summed E-state index contributed by atoms with van der Waals surface area (Å²) in [6.45, 7) is 2.32. The lowest BCUT2D eigenvalue weighted by Crippen LogP contribution is -2.29. The van der Waals surface area contributed by atoms with E-state index in [9.17, 15) is 0 Å². The second-order valence-corrected chi connectivity index (χ2v) is 4.97. The van der Waals surface area contributed by atoms with Gasteiger partial charge in [-0.05, 0) is 18.6 Å². The molecule has 14 heavy (non-hydrogen) atoms. The van der Waals surface area contributed by atoms with Crippen molar-refractivity contribution in [3.05, 3.63) is 21.3 Å². The number of hydrogen-bond acceptors (Lipinski definition) is 4. The predicted octanol–water partition coefficient (Wildman–Crippen LogP) is 2.04. The molecule has 1 aliphatic rings. The first-order valence-corrected chi connectivity index (χ1v) is 5.85. The fourth-order valence-electron chi connectivity index (χ4n) is 1.60. The molecule has 0 radical (unpaired) electrons. The number of hydrogen-bond donors (Lipinski definition) is 1. The van der Waals surface area contributed by atoms with Crippen molar-refractivity contribution in [3.63, 3.8) is 0 Å². The van der Waals surface area contributed by atoms with Crippen LogP contribution in [0.3, 0.4) is 0 Å². The van der Waals surface area contributed by atoms with Crippen LogP contribution in [0.5, 0.6) is 0 Å². The van der Waals surface area contributed by atoms with Gasteiger partial charge in [0, 0.05) is 18.0 Å². The van der Waals surface area contributed by atoms with Crippen molar-refractivity contribution in [1.82, 2.24) is 5.06 Å². The van der Waals surface area contributed by atoms with Gasteiger partial charge >= 0.3 is 0 Å². The SMILES string of the molecule is NCC(c1ccc(Cl)s1)N1CCCO1. The lowest BCUT2D eigenvalue weighted by atomic mass is 10.2. The minimum absolute atomic E-state index is 0.162. The van der Waals surface area contributed by atoms with E-state index in [0.29, 0.717) is 6.54 Å². The molecule has 78 valence electrons. The Hall–Kier alpha value is -0.130. The first kappa shape index (κ1) is 10.4. The predicted molar refractivity (Wildman–Crippen MR) is 58.4 cm³/mol. The van der Waals surface area contributed by atoms with Gasteiger partial charge in [0.15, 0.2) is 0 Å². The van der Waals surface area contributed by atoms with E-state index in [-0.39, 0.29) is 6.04 Å². The maximum Gasteiger partial charge on any atom is 0.0931 e. The van der Waals surface area contributed by atoms with Crippen LogP contribution >= 0.6 is 22.9 Å². The van der Waals surface area contributed by atoms with Gasteiger partial charge in [0.1, 0.15) is 0 Å².